The summed E-state index contributed by atoms with van der Waals surface area (Å²) < 4.78 is 11.7. The zero-order valence-corrected chi connectivity index (χ0v) is 24.4. The molecular formula is C29H36N8O4. The number of carbonyl (C=O) groups excluding carboxylic acids is 1. The third-order valence-corrected chi connectivity index (χ3v) is 7.10. The second-order valence-corrected chi connectivity index (χ2v) is 11.4. The SMILES string of the molecule is CC#CCn1c(N2CCCC(NC(=O)OC(C)(C)C)C2)nc2c1c(=O)n(Cc1cn3cccc(C)c3n1)c(=O)n2C. The fourth-order valence-corrected chi connectivity index (χ4v) is 5.24. The van der Waals surface area contributed by atoms with Crippen molar-refractivity contribution in [3.8, 4) is 11.8 Å². The number of piperidine rings is 1. The molecule has 0 aliphatic carbocycles. The largest absolute Gasteiger partial charge is 0.444 e. The summed E-state index contributed by atoms with van der Waals surface area (Å²) in [4.78, 5) is 51.3. The van der Waals surface area contributed by atoms with E-state index in [0.29, 0.717) is 30.2 Å². The van der Waals surface area contributed by atoms with Gasteiger partial charge in [0.15, 0.2) is 11.2 Å². The van der Waals surface area contributed by atoms with Crippen LogP contribution in [0.4, 0.5) is 10.7 Å². The molecule has 0 bridgehead atoms. The van der Waals surface area contributed by atoms with Crippen molar-refractivity contribution in [2.45, 2.75) is 72.2 Å². The Morgan fingerprint density at radius 2 is 1.98 bits per heavy atom. The van der Waals surface area contributed by atoms with E-state index in [0.717, 1.165) is 24.1 Å². The van der Waals surface area contributed by atoms with Crippen molar-refractivity contribution in [1.29, 1.82) is 0 Å². The van der Waals surface area contributed by atoms with Gasteiger partial charge in [-0.25, -0.2) is 14.6 Å². The molecule has 216 valence electrons. The number of nitrogens with one attached hydrogen (secondary N) is 1. The Bertz CT molecular complexity index is 1810. The zero-order chi connectivity index (χ0) is 29.5. The Morgan fingerprint density at radius 3 is 2.68 bits per heavy atom. The predicted octanol–water partition coefficient (Wildman–Crippen LogP) is 2.42. The van der Waals surface area contributed by atoms with Crippen molar-refractivity contribution in [2.75, 3.05) is 18.0 Å². The van der Waals surface area contributed by atoms with Crippen LogP contribution in [0.15, 0.2) is 34.1 Å². The number of hydrogen-bond acceptors (Lipinski definition) is 7. The molecule has 5 rings (SSSR count). The third kappa shape index (κ3) is 5.57. The van der Waals surface area contributed by atoms with Crippen LogP contribution in [0.25, 0.3) is 16.8 Å². The Balaban J connectivity index is 1.54. The number of anilines is 1. The molecular weight excluding hydrogens is 524 g/mol. The van der Waals surface area contributed by atoms with Gasteiger partial charge in [0.1, 0.15) is 11.2 Å². The first-order valence-corrected chi connectivity index (χ1v) is 13.7. The fourth-order valence-electron chi connectivity index (χ4n) is 5.24. The normalized spacial score (nSPS) is 15.7. The maximum atomic E-state index is 13.9. The number of alkyl carbamates (subject to hydrolysis) is 1. The van der Waals surface area contributed by atoms with Crippen LogP contribution in [-0.4, -0.2) is 58.9 Å². The standard InChI is InChI=1S/C29H36N8O4/c1-7-8-15-36-22-24(32-26(36)35-14-10-12-20(16-35)31-27(39)41-29(3,4)5)33(6)28(40)37(25(22)38)18-21-17-34-13-9-11-19(2)23(34)30-21/h9,11,13,17,20H,10,12,14-16,18H2,1-6H3,(H,31,39). The second kappa shape index (κ2) is 10.8. The molecule has 12 heteroatoms. The van der Waals surface area contributed by atoms with Crippen molar-refractivity contribution in [3.63, 3.8) is 0 Å². The molecule has 1 saturated heterocycles. The molecule has 1 N–H and O–H groups in total. The maximum absolute atomic E-state index is 13.9. The van der Waals surface area contributed by atoms with E-state index in [9.17, 15) is 14.4 Å². The number of rotatable bonds is 5. The Labute approximate surface area is 237 Å². The van der Waals surface area contributed by atoms with E-state index in [-0.39, 0.29) is 24.8 Å². The van der Waals surface area contributed by atoms with Gasteiger partial charge in [0.05, 0.1) is 18.8 Å². The summed E-state index contributed by atoms with van der Waals surface area (Å²) in [6, 6.07) is 3.73. The van der Waals surface area contributed by atoms with Gasteiger partial charge in [0.2, 0.25) is 5.95 Å². The number of amides is 1. The number of carbonyl (C=O) groups is 1. The lowest BCUT2D eigenvalue weighted by atomic mass is 10.1. The first-order valence-electron chi connectivity index (χ1n) is 13.7. The van der Waals surface area contributed by atoms with E-state index in [1.165, 1.54) is 9.13 Å². The van der Waals surface area contributed by atoms with Crippen molar-refractivity contribution in [1.82, 2.24) is 33.4 Å². The molecule has 41 heavy (non-hydrogen) atoms. The van der Waals surface area contributed by atoms with E-state index < -0.39 is 22.9 Å². The minimum atomic E-state index is -0.599. The minimum Gasteiger partial charge on any atom is -0.444 e. The minimum absolute atomic E-state index is 0.0220. The molecule has 0 spiro atoms. The summed E-state index contributed by atoms with van der Waals surface area (Å²) in [5, 5.41) is 2.96. The Hall–Kier alpha value is -4.53. The summed E-state index contributed by atoms with van der Waals surface area (Å²) in [7, 11) is 1.62. The van der Waals surface area contributed by atoms with Crippen molar-refractivity contribution < 1.29 is 9.53 Å². The van der Waals surface area contributed by atoms with E-state index in [1.54, 1.807) is 18.5 Å². The molecule has 1 aliphatic rings. The van der Waals surface area contributed by atoms with Crippen LogP contribution < -0.4 is 21.5 Å². The van der Waals surface area contributed by atoms with Gasteiger partial charge in [-0.2, -0.15) is 4.98 Å². The predicted molar refractivity (Wildman–Crippen MR) is 156 cm³/mol. The average molecular weight is 561 g/mol. The first kappa shape index (κ1) is 28.0. The maximum Gasteiger partial charge on any atom is 0.407 e. The summed E-state index contributed by atoms with van der Waals surface area (Å²) in [6.45, 7) is 10.6. The van der Waals surface area contributed by atoms with Crippen LogP contribution in [-0.2, 0) is 24.9 Å². The Kier molecular flexibility index (Phi) is 7.38. The van der Waals surface area contributed by atoms with Gasteiger partial charge in [-0.15, -0.1) is 5.92 Å². The smallest absolute Gasteiger partial charge is 0.407 e. The van der Waals surface area contributed by atoms with E-state index >= 15 is 0 Å². The number of aryl methyl sites for hydroxylation is 2. The number of nitrogens with zero attached hydrogens (tertiary/aromatic N) is 7. The van der Waals surface area contributed by atoms with Crippen LogP contribution in [0.3, 0.4) is 0 Å². The highest BCUT2D eigenvalue weighted by molar-refractivity contribution is 5.75. The van der Waals surface area contributed by atoms with E-state index in [1.807, 2.05) is 61.5 Å². The van der Waals surface area contributed by atoms with Crippen LogP contribution in [0.5, 0.6) is 0 Å². The monoisotopic (exact) mass is 560 g/mol. The van der Waals surface area contributed by atoms with Crippen molar-refractivity contribution in [2.24, 2.45) is 7.05 Å². The highest BCUT2D eigenvalue weighted by atomic mass is 16.6. The molecule has 12 nitrogen and oxygen atoms in total. The molecule has 0 saturated carbocycles. The lowest BCUT2D eigenvalue weighted by molar-refractivity contribution is 0.0499. The number of aromatic nitrogens is 6. The average Bonchev–Trinajstić information content (AvgIpc) is 3.50. The van der Waals surface area contributed by atoms with Gasteiger partial charge in [-0.1, -0.05) is 12.0 Å². The first-order chi connectivity index (χ1) is 19.5. The second-order valence-electron chi connectivity index (χ2n) is 11.4. The molecule has 5 heterocycles. The molecule has 1 unspecified atom stereocenters. The summed E-state index contributed by atoms with van der Waals surface area (Å²) in [6.07, 6.45) is 4.84. The lowest BCUT2D eigenvalue weighted by Crippen LogP contribution is -2.49. The molecule has 0 radical (unpaired) electrons. The van der Waals surface area contributed by atoms with Crippen LogP contribution in [0.2, 0.25) is 0 Å². The number of fused-ring (bicyclic) bond motifs is 2. The van der Waals surface area contributed by atoms with Crippen LogP contribution >= 0.6 is 0 Å². The van der Waals surface area contributed by atoms with Gasteiger partial charge in [-0.05, 0) is 59.1 Å². The van der Waals surface area contributed by atoms with Gasteiger partial charge in [-0.3, -0.25) is 18.5 Å². The molecule has 4 aromatic rings. The highest BCUT2D eigenvalue weighted by Crippen LogP contribution is 2.24. The van der Waals surface area contributed by atoms with Crippen molar-refractivity contribution >= 4 is 28.9 Å². The number of imidazole rings is 2. The summed E-state index contributed by atoms with van der Waals surface area (Å²) >= 11 is 0. The molecule has 1 amide bonds. The van der Waals surface area contributed by atoms with Crippen molar-refractivity contribution in [3.05, 3.63) is 56.6 Å². The van der Waals surface area contributed by atoms with Gasteiger partial charge in [0.25, 0.3) is 5.56 Å². The van der Waals surface area contributed by atoms with Crippen LogP contribution in [0, 0.1) is 18.8 Å². The Morgan fingerprint density at radius 1 is 1.20 bits per heavy atom. The highest BCUT2D eigenvalue weighted by Gasteiger charge is 2.29. The van der Waals surface area contributed by atoms with Gasteiger partial charge >= 0.3 is 11.8 Å². The van der Waals surface area contributed by atoms with Crippen LogP contribution in [0.1, 0.15) is 51.8 Å². The van der Waals surface area contributed by atoms with Gasteiger partial charge < -0.3 is 19.4 Å². The number of hydrogen-bond donors (Lipinski definition) is 1. The molecule has 1 atom stereocenters. The molecule has 1 fully saturated rings. The van der Waals surface area contributed by atoms with Gasteiger partial charge in [0, 0.05) is 38.6 Å². The quantitative estimate of drug-likeness (QED) is 0.372. The molecule has 4 aromatic heterocycles. The third-order valence-electron chi connectivity index (χ3n) is 7.10. The number of pyridine rings is 1. The number of ether oxygens (including phenoxy) is 1. The summed E-state index contributed by atoms with van der Waals surface area (Å²) in [5.41, 5.74) is 1.44. The topological polar surface area (TPSA) is 121 Å². The summed E-state index contributed by atoms with van der Waals surface area (Å²) in [5.74, 6) is 6.48. The van der Waals surface area contributed by atoms with E-state index in [4.69, 9.17) is 9.72 Å². The lowest BCUT2D eigenvalue weighted by Gasteiger charge is -2.34. The molecule has 1 aliphatic heterocycles. The zero-order valence-electron chi connectivity index (χ0n) is 24.4. The fraction of sp³-hybridized carbons (Fsp3) is 0.483. The van der Waals surface area contributed by atoms with E-state index in [2.05, 4.69) is 22.1 Å². The molecule has 0 aromatic carbocycles.